The number of ether oxygens (including phenoxy) is 1. The number of hydrogen-bond donors (Lipinski definition) is 1. The Morgan fingerprint density at radius 1 is 0.833 bits per heavy atom. The Kier molecular flexibility index (Phi) is 6.09. The minimum Gasteiger partial charge on any atom is -0.489 e. The first-order chi connectivity index (χ1) is 17.4. The molecule has 36 heavy (non-hydrogen) atoms. The normalized spacial score (nSPS) is 14.9. The van der Waals surface area contributed by atoms with Gasteiger partial charge in [0, 0.05) is 0 Å². The zero-order valence-electron chi connectivity index (χ0n) is 19.9. The van der Waals surface area contributed by atoms with Gasteiger partial charge < -0.3 is 4.74 Å². The summed E-state index contributed by atoms with van der Waals surface area (Å²) in [5.41, 5.74) is 3.80. The summed E-state index contributed by atoms with van der Waals surface area (Å²) in [4.78, 5) is 39.2. The average Bonchev–Trinajstić information content (AvgIpc) is 2.88. The molecule has 0 aliphatic carbocycles. The van der Waals surface area contributed by atoms with Gasteiger partial charge in [-0.25, -0.2) is 9.69 Å². The second-order valence-electron chi connectivity index (χ2n) is 8.67. The van der Waals surface area contributed by atoms with Crippen molar-refractivity contribution in [1.29, 1.82) is 0 Å². The van der Waals surface area contributed by atoms with Crippen LogP contribution in [0.25, 0.3) is 16.8 Å². The molecule has 0 radical (unpaired) electrons. The molecule has 178 valence electrons. The van der Waals surface area contributed by atoms with Gasteiger partial charge in [0.1, 0.15) is 17.9 Å². The van der Waals surface area contributed by atoms with Crippen molar-refractivity contribution >= 4 is 40.4 Å². The van der Waals surface area contributed by atoms with Gasteiger partial charge in [-0.1, -0.05) is 66.7 Å². The highest BCUT2D eigenvalue weighted by Crippen LogP contribution is 2.27. The molecular weight excluding hydrogens is 452 g/mol. The molecule has 0 unspecified atom stereocenters. The molecule has 6 heteroatoms. The fraction of sp³-hybridized carbons (Fsp3) is 0.100. The summed E-state index contributed by atoms with van der Waals surface area (Å²) in [5, 5.41) is 4.58. The molecule has 1 aliphatic rings. The van der Waals surface area contributed by atoms with Crippen LogP contribution >= 0.6 is 0 Å². The van der Waals surface area contributed by atoms with Gasteiger partial charge in [0.05, 0.1) is 5.69 Å². The van der Waals surface area contributed by atoms with Crippen LogP contribution in [0.4, 0.5) is 10.5 Å². The van der Waals surface area contributed by atoms with E-state index in [0.29, 0.717) is 23.6 Å². The van der Waals surface area contributed by atoms with Crippen molar-refractivity contribution in [2.24, 2.45) is 0 Å². The van der Waals surface area contributed by atoms with Gasteiger partial charge in [-0.3, -0.25) is 14.9 Å². The fourth-order valence-electron chi connectivity index (χ4n) is 4.26. The quantitative estimate of drug-likeness (QED) is 0.296. The minimum atomic E-state index is -0.756. The van der Waals surface area contributed by atoms with Gasteiger partial charge in [0.15, 0.2) is 0 Å². The average molecular weight is 477 g/mol. The van der Waals surface area contributed by atoms with Gasteiger partial charge in [0.2, 0.25) is 0 Å². The summed E-state index contributed by atoms with van der Waals surface area (Å²) in [5.74, 6) is -0.715. The van der Waals surface area contributed by atoms with E-state index in [1.165, 1.54) is 6.08 Å². The number of hydrogen-bond acceptors (Lipinski definition) is 4. The highest BCUT2D eigenvalue weighted by molar-refractivity contribution is 6.39. The molecule has 4 aromatic carbocycles. The number of carbonyl (C=O) groups is 3. The number of anilines is 1. The Morgan fingerprint density at radius 2 is 1.56 bits per heavy atom. The van der Waals surface area contributed by atoms with Crippen molar-refractivity contribution in [2.75, 3.05) is 4.90 Å². The van der Waals surface area contributed by atoms with Gasteiger partial charge in [-0.05, 0) is 71.1 Å². The smallest absolute Gasteiger partial charge is 0.335 e. The molecule has 6 nitrogen and oxygen atoms in total. The number of barbiturate groups is 1. The number of carbonyl (C=O) groups excluding carboxylic acids is 3. The third kappa shape index (κ3) is 4.36. The second kappa shape index (κ2) is 9.50. The number of aryl methyl sites for hydroxylation is 1. The van der Waals surface area contributed by atoms with E-state index in [9.17, 15) is 14.4 Å². The summed E-state index contributed by atoms with van der Waals surface area (Å²) in [6.45, 7) is 4.15. The van der Waals surface area contributed by atoms with Crippen LogP contribution in [-0.4, -0.2) is 17.8 Å². The third-order valence-corrected chi connectivity index (χ3v) is 6.38. The summed E-state index contributed by atoms with van der Waals surface area (Å²) in [6, 6.07) is 26.0. The Bertz CT molecular complexity index is 1530. The minimum absolute atomic E-state index is 0.111. The van der Waals surface area contributed by atoms with Gasteiger partial charge in [0.25, 0.3) is 11.8 Å². The van der Waals surface area contributed by atoms with Crippen LogP contribution in [0.1, 0.15) is 22.3 Å². The second-order valence-corrected chi connectivity index (χ2v) is 8.67. The third-order valence-electron chi connectivity index (χ3n) is 6.38. The van der Waals surface area contributed by atoms with Crippen LogP contribution in [-0.2, 0) is 16.2 Å². The Labute approximate surface area is 208 Å². The number of imide groups is 2. The standard InChI is InChI=1S/C30H24N2O4/c1-19-7-5-12-27(20(19)2)32-29(34)26(28(33)31-30(32)35)17-21-13-15-24(16-14-21)36-18-23-10-6-9-22-8-3-4-11-25(22)23/h3-17H,18H2,1-2H3,(H,31,33,35)/b26-17+. The SMILES string of the molecule is Cc1cccc(N2C(=O)NC(=O)/C(=C\c3ccc(OCc4cccc5ccccc45)cc3)C2=O)c1C. The van der Waals surface area contributed by atoms with Gasteiger partial charge >= 0.3 is 6.03 Å². The lowest BCUT2D eigenvalue weighted by Crippen LogP contribution is -2.54. The molecule has 0 saturated carbocycles. The monoisotopic (exact) mass is 476 g/mol. The van der Waals surface area contributed by atoms with Crippen LogP contribution in [0.2, 0.25) is 0 Å². The molecule has 0 spiro atoms. The number of benzene rings is 4. The van der Waals surface area contributed by atoms with E-state index in [0.717, 1.165) is 32.4 Å². The molecule has 1 heterocycles. The van der Waals surface area contributed by atoms with E-state index < -0.39 is 17.8 Å². The van der Waals surface area contributed by atoms with Crippen molar-refractivity contribution in [3.8, 4) is 5.75 Å². The summed E-state index contributed by atoms with van der Waals surface area (Å²) in [7, 11) is 0. The first-order valence-corrected chi connectivity index (χ1v) is 11.6. The zero-order chi connectivity index (χ0) is 25.2. The summed E-state index contributed by atoms with van der Waals surface area (Å²) >= 11 is 0. The molecule has 1 fully saturated rings. The number of nitrogens with zero attached hydrogens (tertiary/aromatic N) is 1. The molecule has 4 aromatic rings. The Hall–Kier alpha value is -4.71. The van der Waals surface area contributed by atoms with Gasteiger partial charge in [-0.2, -0.15) is 0 Å². The van der Waals surface area contributed by atoms with E-state index in [2.05, 4.69) is 23.5 Å². The van der Waals surface area contributed by atoms with Crippen LogP contribution in [0.5, 0.6) is 5.75 Å². The maximum absolute atomic E-state index is 13.2. The van der Waals surface area contributed by atoms with E-state index in [1.54, 1.807) is 36.4 Å². The van der Waals surface area contributed by atoms with Gasteiger partial charge in [-0.15, -0.1) is 0 Å². The summed E-state index contributed by atoms with van der Waals surface area (Å²) < 4.78 is 5.98. The van der Waals surface area contributed by atoms with Crippen molar-refractivity contribution < 1.29 is 19.1 Å². The number of amides is 4. The van der Waals surface area contributed by atoms with Crippen LogP contribution in [0.3, 0.4) is 0 Å². The Morgan fingerprint density at radius 3 is 2.36 bits per heavy atom. The number of fused-ring (bicyclic) bond motifs is 1. The number of nitrogens with one attached hydrogen (secondary N) is 1. The fourth-order valence-corrected chi connectivity index (χ4v) is 4.26. The van der Waals surface area contributed by atoms with E-state index in [1.807, 2.05) is 44.2 Å². The van der Waals surface area contributed by atoms with E-state index in [-0.39, 0.29) is 5.57 Å². The molecule has 0 atom stereocenters. The van der Waals surface area contributed by atoms with Crippen molar-refractivity contribution in [3.63, 3.8) is 0 Å². The lowest BCUT2D eigenvalue weighted by molar-refractivity contribution is -0.122. The Balaban J connectivity index is 1.35. The van der Waals surface area contributed by atoms with E-state index >= 15 is 0 Å². The topological polar surface area (TPSA) is 75.7 Å². The molecule has 0 aromatic heterocycles. The van der Waals surface area contributed by atoms with Crippen molar-refractivity contribution in [3.05, 3.63) is 113 Å². The van der Waals surface area contributed by atoms with Crippen LogP contribution < -0.4 is 15.0 Å². The highest BCUT2D eigenvalue weighted by atomic mass is 16.5. The summed E-state index contributed by atoms with van der Waals surface area (Å²) in [6.07, 6.45) is 1.48. The molecular formula is C30H24N2O4. The first kappa shape index (κ1) is 23.1. The maximum Gasteiger partial charge on any atom is 0.335 e. The predicted octanol–water partition coefficient (Wildman–Crippen LogP) is 5.70. The predicted molar refractivity (Wildman–Crippen MR) is 140 cm³/mol. The molecule has 1 saturated heterocycles. The maximum atomic E-state index is 13.2. The number of rotatable bonds is 5. The lowest BCUT2D eigenvalue weighted by Gasteiger charge is -2.28. The lowest BCUT2D eigenvalue weighted by atomic mass is 10.0. The van der Waals surface area contributed by atoms with Crippen molar-refractivity contribution in [1.82, 2.24) is 5.32 Å². The number of urea groups is 1. The first-order valence-electron chi connectivity index (χ1n) is 11.6. The molecule has 4 amide bonds. The van der Waals surface area contributed by atoms with Crippen molar-refractivity contribution in [2.45, 2.75) is 20.5 Å². The largest absolute Gasteiger partial charge is 0.489 e. The molecule has 1 aliphatic heterocycles. The van der Waals surface area contributed by atoms with Crippen LogP contribution in [0.15, 0.2) is 90.5 Å². The molecule has 0 bridgehead atoms. The zero-order valence-corrected chi connectivity index (χ0v) is 19.9. The molecule has 1 N–H and O–H groups in total. The highest BCUT2D eigenvalue weighted by Gasteiger charge is 2.37. The van der Waals surface area contributed by atoms with Crippen LogP contribution in [0, 0.1) is 13.8 Å². The van der Waals surface area contributed by atoms with E-state index in [4.69, 9.17) is 4.74 Å². The molecule has 5 rings (SSSR count).